The van der Waals surface area contributed by atoms with E-state index in [-0.39, 0.29) is 34.0 Å². The Kier molecular flexibility index (Phi) is 4.06. The zero-order valence-electron chi connectivity index (χ0n) is 11.2. The number of rotatable bonds is 5. The quantitative estimate of drug-likeness (QED) is 0.655. The second-order valence-corrected chi connectivity index (χ2v) is 12.2. The van der Waals surface area contributed by atoms with Gasteiger partial charge in [-0.05, 0) is 0 Å². The summed E-state index contributed by atoms with van der Waals surface area (Å²) in [7, 11) is 0. The molecule has 0 aromatic rings. The average Bonchev–Trinajstić information content (AvgIpc) is 2.37. The molecule has 0 aromatic heterocycles. The van der Waals surface area contributed by atoms with E-state index in [1.54, 1.807) is 0 Å². The molecule has 19 heavy (non-hydrogen) atoms. The van der Waals surface area contributed by atoms with E-state index in [1.165, 1.54) is 0 Å². The summed E-state index contributed by atoms with van der Waals surface area (Å²) in [6.07, 6.45) is 5.19. The Labute approximate surface area is 119 Å². The zero-order chi connectivity index (χ0) is 13.6. The van der Waals surface area contributed by atoms with Gasteiger partial charge in [0, 0.05) is 0 Å². The van der Waals surface area contributed by atoms with Crippen LogP contribution < -0.4 is 17.2 Å². The summed E-state index contributed by atoms with van der Waals surface area (Å²) in [6, 6.07) is -0.0408. The average molecular weight is 350 g/mol. The van der Waals surface area contributed by atoms with E-state index in [9.17, 15) is 2.81 Å². The Morgan fingerprint density at radius 3 is 1.42 bits per heavy atom. The van der Waals surface area contributed by atoms with E-state index in [4.69, 9.17) is 22.8 Å². The van der Waals surface area contributed by atoms with Crippen molar-refractivity contribution in [2.75, 3.05) is 0 Å². The Morgan fingerprint density at radius 2 is 1.21 bits per heavy atom. The van der Waals surface area contributed by atoms with E-state index in [1.807, 2.05) is 0 Å². The first-order valence-electron chi connectivity index (χ1n) is 7.32. The van der Waals surface area contributed by atoms with E-state index in [2.05, 4.69) is 0 Å². The molecule has 6 N–H and O–H groups in total. The number of hydrogen-bond acceptors (Lipinski definition) is 6. The van der Waals surface area contributed by atoms with Crippen LogP contribution in [-0.2, 0) is 29.6 Å². The zero-order valence-corrected chi connectivity index (χ0v) is 13.6. The normalized spacial score (nSPS) is 48.6. The molecule has 0 radical (unpaired) electrons. The fourth-order valence-electron chi connectivity index (χ4n) is 2.87. The van der Waals surface area contributed by atoms with Crippen LogP contribution in [-0.4, -0.2) is 30.3 Å². The van der Waals surface area contributed by atoms with Gasteiger partial charge in [-0.3, -0.25) is 0 Å². The fraction of sp³-hybridized carbons (Fsp3) is 1.00. The van der Waals surface area contributed by atoms with Crippen molar-refractivity contribution in [3.63, 3.8) is 0 Å². The molecular weight excluding hydrogens is 325 g/mol. The van der Waals surface area contributed by atoms with Gasteiger partial charge in [-0.25, -0.2) is 0 Å². The van der Waals surface area contributed by atoms with Crippen molar-refractivity contribution in [2.24, 2.45) is 17.2 Å². The van der Waals surface area contributed by atoms with E-state index in [0.29, 0.717) is 0 Å². The first-order chi connectivity index (χ1) is 8.99. The SMILES string of the molecule is NC1CCC1[O][Zr](=[O])([O]C1CCC1N)[CH]1CCC1N. The molecule has 109 valence electrons. The van der Waals surface area contributed by atoms with Crippen molar-refractivity contribution in [3.05, 3.63) is 0 Å². The van der Waals surface area contributed by atoms with Gasteiger partial charge in [0.2, 0.25) is 0 Å². The monoisotopic (exact) mass is 348 g/mol. The van der Waals surface area contributed by atoms with Crippen LogP contribution in [0.15, 0.2) is 0 Å². The van der Waals surface area contributed by atoms with Crippen LogP contribution in [0.25, 0.3) is 0 Å². The van der Waals surface area contributed by atoms with Gasteiger partial charge in [0.15, 0.2) is 0 Å². The topological polar surface area (TPSA) is 114 Å². The molecule has 0 aliphatic heterocycles. The van der Waals surface area contributed by atoms with Crippen LogP contribution in [0.3, 0.4) is 0 Å². The first kappa shape index (κ1) is 14.4. The molecule has 0 bridgehead atoms. The second kappa shape index (κ2) is 5.35. The molecule has 7 heteroatoms. The Balaban J connectivity index is 1.68. The first-order valence-corrected chi connectivity index (χ1v) is 11.8. The van der Waals surface area contributed by atoms with Gasteiger partial charge < -0.3 is 0 Å². The Bertz CT molecular complexity index is 370. The van der Waals surface area contributed by atoms with Crippen LogP contribution in [0.1, 0.15) is 38.5 Å². The predicted octanol–water partition coefficient (Wildman–Crippen LogP) is 0.238. The molecule has 6 atom stereocenters. The van der Waals surface area contributed by atoms with Crippen molar-refractivity contribution >= 4 is 0 Å². The fourth-order valence-corrected chi connectivity index (χ4v) is 10.4. The summed E-state index contributed by atoms with van der Waals surface area (Å²) in [5.74, 6) is 0. The van der Waals surface area contributed by atoms with E-state index in [0.717, 1.165) is 38.5 Å². The standard InChI is InChI=1S/2C4H8NO.C4H8N.O.Zr/c2*5-3-1-2-4(3)6;5-4-2-1-3-4;;/h2*3-4H,1-2,5H2;2,4H,1,3,5H2;;/q2*-1;;;+2. The summed E-state index contributed by atoms with van der Waals surface area (Å²) in [5.41, 5.74) is 17.8. The minimum atomic E-state index is -4.36. The molecular formula is C12H24N3O3Zr. The summed E-state index contributed by atoms with van der Waals surface area (Å²) < 4.78 is 24.9. The van der Waals surface area contributed by atoms with Crippen LogP contribution >= 0.6 is 0 Å². The molecule has 0 amide bonds. The third-order valence-electron chi connectivity index (χ3n) is 4.94. The molecule has 0 aromatic carbocycles. The van der Waals surface area contributed by atoms with Crippen LogP contribution in [0.5, 0.6) is 0 Å². The van der Waals surface area contributed by atoms with Crippen molar-refractivity contribution < 1.29 is 29.6 Å². The summed E-state index contributed by atoms with van der Waals surface area (Å²) in [4.78, 5) is 0. The van der Waals surface area contributed by atoms with Gasteiger partial charge in [0.1, 0.15) is 0 Å². The maximum absolute atomic E-state index is 13.2. The van der Waals surface area contributed by atoms with Gasteiger partial charge in [0.05, 0.1) is 0 Å². The van der Waals surface area contributed by atoms with Crippen molar-refractivity contribution in [2.45, 2.75) is 72.5 Å². The molecule has 3 fully saturated rings. The predicted molar refractivity (Wildman–Crippen MR) is 65.8 cm³/mol. The molecule has 0 heterocycles. The van der Waals surface area contributed by atoms with Crippen molar-refractivity contribution in [3.8, 4) is 0 Å². The van der Waals surface area contributed by atoms with Crippen LogP contribution in [0, 0.1) is 0 Å². The Hall–Kier alpha value is 0.483. The molecule has 0 saturated heterocycles. The maximum atomic E-state index is 13.2. The second-order valence-electron chi connectivity index (χ2n) is 6.25. The van der Waals surface area contributed by atoms with Crippen molar-refractivity contribution in [1.29, 1.82) is 0 Å². The van der Waals surface area contributed by atoms with Gasteiger partial charge >= 0.3 is 119 Å². The summed E-state index contributed by atoms with van der Waals surface area (Å²) in [5, 5.41) is 0. The molecule has 3 aliphatic rings. The summed E-state index contributed by atoms with van der Waals surface area (Å²) in [6.45, 7) is 0. The molecule has 3 saturated carbocycles. The van der Waals surface area contributed by atoms with Crippen LogP contribution in [0.4, 0.5) is 0 Å². The molecule has 0 spiro atoms. The minimum absolute atomic E-state index is 0.00000921. The molecule has 3 aliphatic carbocycles. The molecule has 3 rings (SSSR count). The molecule has 6 unspecified atom stereocenters. The van der Waals surface area contributed by atoms with E-state index < -0.39 is 21.2 Å². The van der Waals surface area contributed by atoms with Gasteiger partial charge in [-0.15, -0.1) is 0 Å². The summed E-state index contributed by atoms with van der Waals surface area (Å²) >= 11 is -4.36. The van der Waals surface area contributed by atoms with Crippen LogP contribution in [0.2, 0.25) is 3.63 Å². The Morgan fingerprint density at radius 1 is 0.737 bits per heavy atom. The van der Waals surface area contributed by atoms with Gasteiger partial charge in [0.25, 0.3) is 0 Å². The number of hydrogen-bond donors (Lipinski definition) is 3. The molecule has 6 nitrogen and oxygen atoms in total. The number of nitrogens with two attached hydrogens (primary N) is 3. The third-order valence-corrected chi connectivity index (χ3v) is 12.0. The van der Waals surface area contributed by atoms with Crippen molar-refractivity contribution in [1.82, 2.24) is 0 Å². The van der Waals surface area contributed by atoms with Gasteiger partial charge in [-0.1, -0.05) is 0 Å². The van der Waals surface area contributed by atoms with E-state index >= 15 is 0 Å². The third kappa shape index (κ3) is 2.66. The van der Waals surface area contributed by atoms with Gasteiger partial charge in [-0.2, -0.15) is 0 Å².